The van der Waals surface area contributed by atoms with Gasteiger partial charge in [0.2, 0.25) is 0 Å². The number of hydrogen-bond donors (Lipinski definition) is 1. The summed E-state index contributed by atoms with van der Waals surface area (Å²) in [5.74, 6) is 0.230. The lowest BCUT2D eigenvalue weighted by Gasteiger charge is -2.04. The van der Waals surface area contributed by atoms with Crippen molar-refractivity contribution >= 4 is 10.9 Å². The molecule has 1 aromatic carbocycles. The van der Waals surface area contributed by atoms with E-state index in [1.165, 1.54) is 0 Å². The molecular formula is C12H11NO. The van der Waals surface area contributed by atoms with Crippen molar-refractivity contribution in [1.29, 1.82) is 0 Å². The molecule has 2 aromatic rings. The second kappa shape index (κ2) is 3.50. The maximum Gasteiger partial charge on any atom is 0.141 e. The molecule has 0 saturated heterocycles. The molecule has 0 spiro atoms. The lowest BCUT2D eigenvalue weighted by atomic mass is 10.1. The minimum Gasteiger partial charge on any atom is -0.506 e. The molecule has 0 bridgehead atoms. The highest BCUT2D eigenvalue weighted by molar-refractivity contribution is 5.87. The SMILES string of the molecule is C=CCc1ccnc2c(O)cccc12. The Morgan fingerprint density at radius 3 is 3.00 bits per heavy atom. The number of fused-ring (bicyclic) bond motifs is 1. The first-order chi connectivity index (χ1) is 6.83. The van der Waals surface area contributed by atoms with Crippen LogP contribution in [-0.4, -0.2) is 10.1 Å². The van der Waals surface area contributed by atoms with Crippen LogP contribution in [-0.2, 0) is 6.42 Å². The standard InChI is InChI=1S/C12H11NO/c1-2-4-9-7-8-13-12-10(9)5-3-6-11(12)14/h2-3,5-8,14H,1,4H2. The van der Waals surface area contributed by atoms with E-state index in [1.54, 1.807) is 12.3 Å². The molecule has 2 rings (SSSR count). The molecule has 1 N–H and O–H groups in total. The van der Waals surface area contributed by atoms with Crippen LogP contribution in [0.1, 0.15) is 5.56 Å². The highest BCUT2D eigenvalue weighted by Gasteiger charge is 2.03. The Morgan fingerprint density at radius 1 is 1.36 bits per heavy atom. The highest BCUT2D eigenvalue weighted by Crippen LogP contribution is 2.24. The number of phenols is 1. The number of hydrogen-bond acceptors (Lipinski definition) is 2. The molecule has 0 aliphatic heterocycles. The van der Waals surface area contributed by atoms with Gasteiger partial charge < -0.3 is 5.11 Å². The number of nitrogens with zero attached hydrogens (tertiary/aromatic N) is 1. The predicted octanol–water partition coefficient (Wildman–Crippen LogP) is 2.67. The van der Waals surface area contributed by atoms with Gasteiger partial charge in [0.1, 0.15) is 11.3 Å². The zero-order valence-corrected chi connectivity index (χ0v) is 7.77. The molecule has 0 saturated carbocycles. The Hall–Kier alpha value is -1.83. The summed E-state index contributed by atoms with van der Waals surface area (Å²) in [5.41, 5.74) is 1.80. The first-order valence-electron chi connectivity index (χ1n) is 4.49. The Morgan fingerprint density at radius 2 is 2.21 bits per heavy atom. The first kappa shape index (κ1) is 8.75. The van der Waals surface area contributed by atoms with E-state index in [0.29, 0.717) is 5.52 Å². The van der Waals surface area contributed by atoms with Crippen molar-refractivity contribution in [3.05, 3.63) is 48.7 Å². The van der Waals surface area contributed by atoms with E-state index in [9.17, 15) is 5.11 Å². The summed E-state index contributed by atoms with van der Waals surface area (Å²) >= 11 is 0. The van der Waals surface area contributed by atoms with Crippen molar-refractivity contribution < 1.29 is 5.11 Å². The minimum atomic E-state index is 0.230. The number of phenolic OH excluding ortho intramolecular Hbond substituents is 1. The molecule has 0 fully saturated rings. The average molecular weight is 185 g/mol. The van der Waals surface area contributed by atoms with Crippen molar-refractivity contribution in [2.45, 2.75) is 6.42 Å². The predicted molar refractivity (Wildman–Crippen MR) is 57.3 cm³/mol. The molecule has 0 atom stereocenters. The van der Waals surface area contributed by atoms with E-state index in [4.69, 9.17) is 0 Å². The second-order valence-electron chi connectivity index (χ2n) is 3.14. The van der Waals surface area contributed by atoms with Crippen LogP contribution in [0, 0.1) is 0 Å². The molecule has 2 nitrogen and oxygen atoms in total. The van der Waals surface area contributed by atoms with Gasteiger partial charge in [-0.2, -0.15) is 0 Å². The molecule has 2 heteroatoms. The van der Waals surface area contributed by atoms with Gasteiger partial charge in [-0.25, -0.2) is 0 Å². The molecule has 14 heavy (non-hydrogen) atoms. The van der Waals surface area contributed by atoms with Crippen molar-refractivity contribution in [3.63, 3.8) is 0 Å². The number of aromatic nitrogens is 1. The third kappa shape index (κ3) is 1.35. The molecule has 0 amide bonds. The third-order valence-electron chi connectivity index (χ3n) is 2.20. The van der Waals surface area contributed by atoms with Gasteiger partial charge in [-0.05, 0) is 24.1 Å². The van der Waals surface area contributed by atoms with Crippen LogP contribution >= 0.6 is 0 Å². The number of rotatable bonds is 2. The first-order valence-corrected chi connectivity index (χ1v) is 4.49. The maximum absolute atomic E-state index is 9.58. The smallest absolute Gasteiger partial charge is 0.141 e. The minimum absolute atomic E-state index is 0.230. The molecule has 0 aliphatic carbocycles. The van der Waals surface area contributed by atoms with Crippen molar-refractivity contribution in [2.75, 3.05) is 0 Å². The van der Waals surface area contributed by atoms with Gasteiger partial charge in [-0.3, -0.25) is 4.98 Å². The van der Waals surface area contributed by atoms with Crippen LogP contribution in [0.4, 0.5) is 0 Å². The zero-order chi connectivity index (χ0) is 9.97. The van der Waals surface area contributed by atoms with Gasteiger partial charge in [-0.15, -0.1) is 6.58 Å². The van der Waals surface area contributed by atoms with E-state index in [-0.39, 0.29) is 5.75 Å². The van der Waals surface area contributed by atoms with Crippen LogP contribution in [0.15, 0.2) is 43.1 Å². The van der Waals surface area contributed by atoms with Crippen LogP contribution in [0.5, 0.6) is 5.75 Å². The van der Waals surface area contributed by atoms with Gasteiger partial charge >= 0.3 is 0 Å². The molecular weight excluding hydrogens is 174 g/mol. The lowest BCUT2D eigenvalue weighted by Crippen LogP contribution is -1.86. The monoisotopic (exact) mass is 185 g/mol. The van der Waals surface area contributed by atoms with Crippen LogP contribution in [0.3, 0.4) is 0 Å². The number of benzene rings is 1. The van der Waals surface area contributed by atoms with E-state index in [0.717, 1.165) is 17.4 Å². The normalized spacial score (nSPS) is 10.3. The number of para-hydroxylation sites is 1. The zero-order valence-electron chi connectivity index (χ0n) is 7.77. The number of aromatic hydroxyl groups is 1. The van der Waals surface area contributed by atoms with Crippen molar-refractivity contribution in [3.8, 4) is 5.75 Å². The second-order valence-corrected chi connectivity index (χ2v) is 3.14. The van der Waals surface area contributed by atoms with Crippen LogP contribution in [0.2, 0.25) is 0 Å². The summed E-state index contributed by atoms with van der Waals surface area (Å²) in [6.07, 6.45) is 4.35. The van der Waals surface area contributed by atoms with Gasteiger partial charge in [-0.1, -0.05) is 18.2 Å². The summed E-state index contributed by atoms with van der Waals surface area (Å²) < 4.78 is 0. The van der Waals surface area contributed by atoms with Crippen LogP contribution in [0.25, 0.3) is 10.9 Å². The molecule has 0 unspecified atom stereocenters. The molecule has 0 aliphatic rings. The van der Waals surface area contributed by atoms with Gasteiger partial charge in [0.05, 0.1) is 0 Å². The number of pyridine rings is 1. The molecule has 1 aromatic heterocycles. The largest absolute Gasteiger partial charge is 0.506 e. The quantitative estimate of drug-likeness (QED) is 0.729. The maximum atomic E-state index is 9.58. The Balaban J connectivity index is 2.74. The van der Waals surface area contributed by atoms with E-state index in [1.807, 2.05) is 24.3 Å². The lowest BCUT2D eigenvalue weighted by molar-refractivity contribution is 0.480. The topological polar surface area (TPSA) is 33.1 Å². The summed E-state index contributed by atoms with van der Waals surface area (Å²) in [6.45, 7) is 3.70. The Bertz CT molecular complexity index is 477. The van der Waals surface area contributed by atoms with E-state index >= 15 is 0 Å². The molecule has 1 heterocycles. The third-order valence-corrected chi connectivity index (χ3v) is 2.20. The number of allylic oxidation sites excluding steroid dienone is 1. The average Bonchev–Trinajstić information content (AvgIpc) is 2.20. The molecule has 70 valence electrons. The fraction of sp³-hybridized carbons (Fsp3) is 0.0833. The highest BCUT2D eigenvalue weighted by atomic mass is 16.3. The Labute approximate surface area is 82.5 Å². The fourth-order valence-corrected chi connectivity index (χ4v) is 1.55. The summed E-state index contributed by atoms with van der Waals surface area (Å²) in [6, 6.07) is 7.38. The Kier molecular flexibility index (Phi) is 2.19. The summed E-state index contributed by atoms with van der Waals surface area (Å²) in [5, 5.41) is 10.6. The van der Waals surface area contributed by atoms with E-state index in [2.05, 4.69) is 11.6 Å². The van der Waals surface area contributed by atoms with Crippen molar-refractivity contribution in [2.24, 2.45) is 0 Å². The van der Waals surface area contributed by atoms with E-state index < -0.39 is 0 Å². The van der Waals surface area contributed by atoms with Gasteiger partial charge in [0, 0.05) is 11.6 Å². The van der Waals surface area contributed by atoms with Crippen molar-refractivity contribution in [1.82, 2.24) is 4.98 Å². The summed E-state index contributed by atoms with van der Waals surface area (Å²) in [4.78, 5) is 4.14. The van der Waals surface area contributed by atoms with Gasteiger partial charge in [0.15, 0.2) is 0 Å². The summed E-state index contributed by atoms with van der Waals surface area (Å²) in [7, 11) is 0. The fourth-order valence-electron chi connectivity index (χ4n) is 1.55. The van der Waals surface area contributed by atoms with Crippen LogP contribution < -0.4 is 0 Å². The molecule has 0 radical (unpaired) electrons. The van der Waals surface area contributed by atoms with Gasteiger partial charge in [0.25, 0.3) is 0 Å².